The molecule has 0 heterocycles. The third-order valence-electron chi connectivity index (χ3n) is 3.28. The van der Waals surface area contributed by atoms with Crippen LogP contribution in [0.4, 0.5) is 0 Å². The molecule has 0 aliphatic rings. The smallest absolute Gasteiger partial charge is 0.147 e. The molecule has 1 aromatic rings. The lowest BCUT2D eigenvalue weighted by atomic mass is 9.95. The van der Waals surface area contributed by atoms with Crippen LogP contribution in [0, 0.1) is 5.92 Å². The third-order valence-corrected chi connectivity index (χ3v) is 5.08. The van der Waals surface area contributed by atoms with Crippen molar-refractivity contribution in [1.82, 2.24) is 5.32 Å². The average Bonchev–Trinajstić information content (AvgIpc) is 2.36. The van der Waals surface area contributed by atoms with Gasteiger partial charge in [-0.1, -0.05) is 41.1 Å². The van der Waals surface area contributed by atoms with Gasteiger partial charge in [0.05, 0.1) is 0 Å². The molecule has 0 aromatic heterocycles. The molecule has 1 unspecified atom stereocenters. The summed E-state index contributed by atoms with van der Waals surface area (Å²) >= 11 is 3.58. The molecule has 0 fully saturated rings. The zero-order valence-electron chi connectivity index (χ0n) is 12.2. The van der Waals surface area contributed by atoms with Crippen molar-refractivity contribution in [1.29, 1.82) is 0 Å². The van der Waals surface area contributed by atoms with E-state index in [4.69, 9.17) is 0 Å². The highest BCUT2D eigenvalue weighted by Gasteiger charge is 2.12. The Labute approximate surface area is 131 Å². The highest BCUT2D eigenvalue weighted by molar-refractivity contribution is 9.10. The first-order chi connectivity index (χ1) is 9.42. The van der Waals surface area contributed by atoms with Crippen molar-refractivity contribution in [3.63, 3.8) is 0 Å². The SMILES string of the molecule is CCNCC(CCCS(C)(=O)=O)Cc1ccccc1Br. The second-order valence-corrected chi connectivity index (χ2v) is 8.36. The van der Waals surface area contributed by atoms with Gasteiger partial charge in [0, 0.05) is 16.5 Å². The largest absolute Gasteiger partial charge is 0.317 e. The standard InChI is InChI=1S/C15H24BrNO2S/c1-3-17-12-13(7-6-10-20(2,18)19)11-14-8-4-5-9-15(14)16/h4-5,8-9,13,17H,3,6-7,10-12H2,1-2H3. The van der Waals surface area contributed by atoms with Crippen LogP contribution in [-0.2, 0) is 16.3 Å². The molecule has 0 amide bonds. The first-order valence-electron chi connectivity index (χ1n) is 7.04. The molecule has 0 bridgehead atoms. The second kappa shape index (κ2) is 8.80. The monoisotopic (exact) mass is 361 g/mol. The van der Waals surface area contributed by atoms with E-state index in [1.54, 1.807) is 0 Å². The minimum Gasteiger partial charge on any atom is -0.317 e. The number of hydrogen-bond donors (Lipinski definition) is 1. The van der Waals surface area contributed by atoms with Crippen LogP contribution < -0.4 is 5.32 Å². The Morgan fingerprint density at radius 3 is 2.60 bits per heavy atom. The third kappa shape index (κ3) is 7.41. The Kier molecular flexibility index (Phi) is 7.77. The second-order valence-electron chi connectivity index (χ2n) is 5.24. The van der Waals surface area contributed by atoms with Gasteiger partial charge in [0.15, 0.2) is 0 Å². The predicted molar refractivity (Wildman–Crippen MR) is 88.8 cm³/mol. The van der Waals surface area contributed by atoms with Gasteiger partial charge in [0.2, 0.25) is 0 Å². The predicted octanol–water partition coefficient (Wildman–Crippen LogP) is 3.04. The van der Waals surface area contributed by atoms with Crippen molar-refractivity contribution in [2.24, 2.45) is 5.92 Å². The maximum atomic E-state index is 11.2. The van der Waals surface area contributed by atoms with Crippen LogP contribution in [-0.4, -0.2) is 33.5 Å². The van der Waals surface area contributed by atoms with Crippen LogP contribution in [0.5, 0.6) is 0 Å². The van der Waals surface area contributed by atoms with E-state index in [0.717, 1.165) is 36.8 Å². The number of sulfone groups is 1. The lowest BCUT2D eigenvalue weighted by Crippen LogP contribution is -2.24. The summed E-state index contributed by atoms with van der Waals surface area (Å²) in [6.45, 7) is 3.96. The van der Waals surface area contributed by atoms with Crippen LogP contribution in [0.25, 0.3) is 0 Å². The maximum absolute atomic E-state index is 11.2. The Morgan fingerprint density at radius 2 is 2.00 bits per heavy atom. The van der Waals surface area contributed by atoms with Gasteiger partial charge in [-0.25, -0.2) is 8.42 Å². The lowest BCUT2D eigenvalue weighted by molar-refractivity contribution is 0.443. The molecule has 20 heavy (non-hydrogen) atoms. The van der Waals surface area contributed by atoms with Gasteiger partial charge in [0.1, 0.15) is 9.84 Å². The molecule has 1 atom stereocenters. The van der Waals surface area contributed by atoms with Crippen molar-refractivity contribution < 1.29 is 8.42 Å². The fourth-order valence-electron chi connectivity index (χ4n) is 2.23. The van der Waals surface area contributed by atoms with Crippen molar-refractivity contribution in [2.75, 3.05) is 25.1 Å². The zero-order valence-corrected chi connectivity index (χ0v) is 14.6. The van der Waals surface area contributed by atoms with E-state index in [0.29, 0.717) is 5.92 Å². The Balaban J connectivity index is 2.57. The van der Waals surface area contributed by atoms with Crippen molar-refractivity contribution in [3.8, 4) is 0 Å². The van der Waals surface area contributed by atoms with Gasteiger partial charge in [-0.15, -0.1) is 0 Å². The quantitative estimate of drug-likeness (QED) is 0.735. The van der Waals surface area contributed by atoms with E-state index < -0.39 is 9.84 Å². The molecule has 0 aliphatic carbocycles. The molecule has 0 saturated carbocycles. The summed E-state index contributed by atoms with van der Waals surface area (Å²) in [4.78, 5) is 0. The minimum absolute atomic E-state index is 0.283. The summed E-state index contributed by atoms with van der Waals surface area (Å²) in [5, 5.41) is 3.37. The molecular weight excluding hydrogens is 338 g/mol. The Morgan fingerprint density at radius 1 is 1.30 bits per heavy atom. The molecule has 0 saturated heterocycles. The van der Waals surface area contributed by atoms with Gasteiger partial charge in [0.25, 0.3) is 0 Å². The fourth-order valence-corrected chi connectivity index (χ4v) is 3.37. The van der Waals surface area contributed by atoms with Crippen LogP contribution in [0.1, 0.15) is 25.3 Å². The first kappa shape index (κ1) is 17.7. The van der Waals surface area contributed by atoms with Gasteiger partial charge in [-0.2, -0.15) is 0 Å². The maximum Gasteiger partial charge on any atom is 0.147 e. The van der Waals surface area contributed by atoms with Crippen LogP contribution >= 0.6 is 15.9 Å². The van der Waals surface area contributed by atoms with Crippen molar-refractivity contribution in [2.45, 2.75) is 26.2 Å². The molecule has 1 rings (SSSR count). The highest BCUT2D eigenvalue weighted by atomic mass is 79.9. The van der Waals surface area contributed by atoms with E-state index in [2.05, 4.69) is 40.3 Å². The lowest BCUT2D eigenvalue weighted by Gasteiger charge is -2.18. The zero-order chi connectivity index (χ0) is 15.0. The number of rotatable bonds is 9. The fraction of sp³-hybridized carbons (Fsp3) is 0.600. The summed E-state index contributed by atoms with van der Waals surface area (Å²) in [7, 11) is -2.85. The van der Waals surface area contributed by atoms with Crippen LogP contribution in [0.3, 0.4) is 0 Å². The summed E-state index contributed by atoms with van der Waals surface area (Å²) in [5.41, 5.74) is 1.29. The molecule has 1 N–H and O–H groups in total. The Bertz CT molecular complexity index is 502. The summed E-state index contributed by atoms with van der Waals surface area (Å²) in [5.74, 6) is 0.751. The topological polar surface area (TPSA) is 46.2 Å². The van der Waals surface area contributed by atoms with E-state index in [-0.39, 0.29) is 5.75 Å². The van der Waals surface area contributed by atoms with Crippen LogP contribution in [0.15, 0.2) is 28.7 Å². The number of hydrogen-bond acceptors (Lipinski definition) is 3. The molecule has 5 heteroatoms. The van der Waals surface area contributed by atoms with Gasteiger partial charge < -0.3 is 5.32 Å². The molecule has 3 nitrogen and oxygen atoms in total. The average molecular weight is 362 g/mol. The molecule has 1 aromatic carbocycles. The van der Waals surface area contributed by atoms with E-state index in [9.17, 15) is 8.42 Å². The van der Waals surface area contributed by atoms with Gasteiger partial charge in [-0.05, 0) is 49.9 Å². The van der Waals surface area contributed by atoms with Crippen molar-refractivity contribution >= 4 is 25.8 Å². The Hall–Kier alpha value is -0.390. The van der Waals surface area contributed by atoms with Gasteiger partial charge in [-0.3, -0.25) is 0 Å². The van der Waals surface area contributed by atoms with Crippen molar-refractivity contribution in [3.05, 3.63) is 34.3 Å². The summed E-state index contributed by atoms with van der Waals surface area (Å²) in [6, 6.07) is 8.23. The van der Waals surface area contributed by atoms with E-state index in [1.165, 1.54) is 11.8 Å². The van der Waals surface area contributed by atoms with E-state index in [1.807, 2.05) is 12.1 Å². The summed E-state index contributed by atoms with van der Waals surface area (Å²) in [6.07, 6.45) is 3.94. The summed E-state index contributed by atoms with van der Waals surface area (Å²) < 4.78 is 23.6. The molecule has 0 spiro atoms. The molecule has 0 radical (unpaired) electrons. The number of halogens is 1. The molecular formula is C15H24BrNO2S. The normalized spacial score (nSPS) is 13.3. The number of nitrogens with one attached hydrogen (secondary N) is 1. The van der Waals surface area contributed by atoms with Gasteiger partial charge >= 0.3 is 0 Å². The van der Waals surface area contributed by atoms with Crippen LogP contribution in [0.2, 0.25) is 0 Å². The molecule has 114 valence electrons. The van der Waals surface area contributed by atoms with E-state index >= 15 is 0 Å². The molecule has 0 aliphatic heterocycles. The highest BCUT2D eigenvalue weighted by Crippen LogP contribution is 2.21. The minimum atomic E-state index is -2.85. The number of benzene rings is 1. The first-order valence-corrected chi connectivity index (χ1v) is 9.89.